The summed E-state index contributed by atoms with van der Waals surface area (Å²) in [5.41, 5.74) is 1.08. The number of anilines is 1. The monoisotopic (exact) mass is 274 g/mol. The van der Waals surface area contributed by atoms with Gasteiger partial charge in [0.25, 0.3) is 0 Å². The summed E-state index contributed by atoms with van der Waals surface area (Å²) in [7, 11) is 1.75. The second kappa shape index (κ2) is 5.04. The first kappa shape index (κ1) is 13.6. The van der Waals surface area contributed by atoms with E-state index >= 15 is 0 Å². The molecule has 0 bridgehead atoms. The fourth-order valence-corrected chi connectivity index (χ4v) is 1.88. The summed E-state index contributed by atoms with van der Waals surface area (Å²) in [4.78, 5) is 9.00. The first-order valence-corrected chi connectivity index (χ1v) is 5.61. The lowest BCUT2D eigenvalue weighted by Gasteiger charge is -2.24. The third-order valence-electron chi connectivity index (χ3n) is 2.66. The van der Waals surface area contributed by atoms with Crippen molar-refractivity contribution in [1.29, 1.82) is 0 Å². The maximum Gasteiger partial charge on any atom is 0.405 e. The fraction of sp³-hybridized carbons (Fsp3) is 0.455. The maximum atomic E-state index is 12.5. The minimum Gasteiger partial charge on any atom is -0.395 e. The molecule has 2 heterocycles. The van der Waals surface area contributed by atoms with Crippen LogP contribution in [0.1, 0.15) is 0 Å². The van der Waals surface area contributed by atoms with Crippen molar-refractivity contribution in [2.45, 2.75) is 6.18 Å². The van der Waals surface area contributed by atoms with Gasteiger partial charge in [-0.15, -0.1) is 0 Å². The molecule has 0 aromatic carbocycles. The van der Waals surface area contributed by atoms with Gasteiger partial charge in [0.2, 0.25) is 0 Å². The Labute approximate surface area is 107 Å². The predicted octanol–water partition coefficient (Wildman–Crippen LogP) is 1.33. The Morgan fingerprint density at radius 2 is 2.11 bits per heavy atom. The summed E-state index contributed by atoms with van der Waals surface area (Å²) >= 11 is 0. The summed E-state index contributed by atoms with van der Waals surface area (Å²) in [6.07, 6.45) is -1.42. The first-order valence-electron chi connectivity index (χ1n) is 5.61. The van der Waals surface area contributed by atoms with Crippen LogP contribution in [-0.2, 0) is 7.05 Å². The number of rotatable bonds is 4. The SMILES string of the molecule is Cn1cnc2c(N(CCO)CC(F)(F)F)nccc21. The topological polar surface area (TPSA) is 54.2 Å². The van der Waals surface area contributed by atoms with E-state index in [-0.39, 0.29) is 19.0 Å². The summed E-state index contributed by atoms with van der Waals surface area (Å²) in [6.45, 7) is -1.71. The molecule has 5 nitrogen and oxygen atoms in total. The molecule has 0 radical (unpaired) electrons. The quantitative estimate of drug-likeness (QED) is 0.914. The lowest BCUT2D eigenvalue weighted by molar-refractivity contribution is -0.119. The molecule has 0 aliphatic rings. The number of aliphatic hydroxyl groups is 1. The Bertz CT molecular complexity index is 567. The average molecular weight is 274 g/mol. The Balaban J connectivity index is 2.44. The van der Waals surface area contributed by atoms with E-state index in [2.05, 4.69) is 9.97 Å². The van der Waals surface area contributed by atoms with E-state index in [1.165, 1.54) is 12.5 Å². The molecule has 1 N–H and O–H groups in total. The lowest BCUT2D eigenvalue weighted by atomic mass is 10.3. The van der Waals surface area contributed by atoms with Gasteiger partial charge in [0.05, 0.1) is 18.5 Å². The number of halogens is 3. The number of aromatic nitrogens is 3. The second-order valence-corrected chi connectivity index (χ2v) is 4.12. The van der Waals surface area contributed by atoms with Gasteiger partial charge in [0.1, 0.15) is 12.1 Å². The number of imidazole rings is 1. The summed E-state index contributed by atoms with van der Waals surface area (Å²) in [5, 5.41) is 8.91. The largest absolute Gasteiger partial charge is 0.405 e. The fourth-order valence-electron chi connectivity index (χ4n) is 1.88. The highest BCUT2D eigenvalue weighted by atomic mass is 19.4. The van der Waals surface area contributed by atoms with Gasteiger partial charge in [-0.3, -0.25) is 0 Å². The molecule has 0 saturated carbocycles. The molecule has 19 heavy (non-hydrogen) atoms. The van der Waals surface area contributed by atoms with Crippen molar-refractivity contribution in [3.63, 3.8) is 0 Å². The van der Waals surface area contributed by atoms with E-state index in [1.807, 2.05) is 0 Å². The molecular weight excluding hydrogens is 261 g/mol. The summed E-state index contributed by atoms with van der Waals surface area (Å²) in [5.74, 6) is 0.129. The van der Waals surface area contributed by atoms with E-state index < -0.39 is 12.7 Å². The highest BCUT2D eigenvalue weighted by Gasteiger charge is 2.32. The number of aliphatic hydroxyl groups excluding tert-OH is 1. The van der Waals surface area contributed by atoms with Crippen LogP contribution in [0.25, 0.3) is 11.0 Å². The van der Waals surface area contributed by atoms with Gasteiger partial charge in [-0.1, -0.05) is 0 Å². The normalized spacial score (nSPS) is 12.1. The minimum absolute atomic E-state index is 0.129. The van der Waals surface area contributed by atoms with Crippen LogP contribution in [0.5, 0.6) is 0 Å². The second-order valence-electron chi connectivity index (χ2n) is 4.12. The van der Waals surface area contributed by atoms with Crippen molar-refractivity contribution in [1.82, 2.24) is 14.5 Å². The highest BCUT2D eigenvalue weighted by molar-refractivity contribution is 5.86. The van der Waals surface area contributed by atoms with Gasteiger partial charge in [0, 0.05) is 19.8 Å². The maximum absolute atomic E-state index is 12.5. The molecule has 0 saturated heterocycles. The van der Waals surface area contributed by atoms with Crippen LogP contribution in [0.3, 0.4) is 0 Å². The molecule has 0 spiro atoms. The average Bonchev–Trinajstić information content (AvgIpc) is 2.69. The number of hydrogen-bond acceptors (Lipinski definition) is 4. The molecule has 0 amide bonds. The molecule has 0 atom stereocenters. The standard InChI is InChI=1S/C11H13F3N4O/c1-17-7-16-9-8(17)2-3-15-10(9)18(4-5-19)6-11(12,13)14/h2-3,7,19H,4-6H2,1H3. The van der Waals surface area contributed by atoms with E-state index in [1.54, 1.807) is 17.7 Å². The van der Waals surface area contributed by atoms with Crippen LogP contribution in [0, 0.1) is 0 Å². The van der Waals surface area contributed by atoms with Crippen molar-refractivity contribution in [3.8, 4) is 0 Å². The van der Waals surface area contributed by atoms with Gasteiger partial charge in [-0.05, 0) is 6.07 Å². The van der Waals surface area contributed by atoms with Crippen LogP contribution < -0.4 is 4.90 Å². The van der Waals surface area contributed by atoms with Crippen LogP contribution in [0.4, 0.5) is 19.0 Å². The van der Waals surface area contributed by atoms with Gasteiger partial charge < -0.3 is 14.6 Å². The zero-order valence-corrected chi connectivity index (χ0v) is 10.2. The molecule has 2 aromatic heterocycles. The molecular formula is C11H13F3N4O. The van der Waals surface area contributed by atoms with Gasteiger partial charge >= 0.3 is 6.18 Å². The molecule has 0 unspecified atom stereocenters. The molecule has 2 rings (SSSR count). The predicted molar refractivity (Wildman–Crippen MR) is 63.9 cm³/mol. The van der Waals surface area contributed by atoms with Crippen molar-refractivity contribution in [3.05, 3.63) is 18.6 Å². The van der Waals surface area contributed by atoms with E-state index in [9.17, 15) is 13.2 Å². The van der Waals surface area contributed by atoms with Crippen molar-refractivity contribution < 1.29 is 18.3 Å². The number of aryl methyl sites for hydroxylation is 1. The third-order valence-corrected chi connectivity index (χ3v) is 2.66. The van der Waals surface area contributed by atoms with E-state index in [4.69, 9.17) is 5.11 Å². The Kier molecular flexibility index (Phi) is 3.61. The van der Waals surface area contributed by atoms with Crippen molar-refractivity contribution in [2.75, 3.05) is 24.6 Å². The van der Waals surface area contributed by atoms with Crippen LogP contribution in [-0.4, -0.2) is 45.5 Å². The Hall–Kier alpha value is -1.83. The zero-order chi connectivity index (χ0) is 14.0. The summed E-state index contributed by atoms with van der Waals surface area (Å²) < 4.78 is 39.3. The smallest absolute Gasteiger partial charge is 0.395 e. The summed E-state index contributed by atoms with van der Waals surface area (Å²) in [6, 6.07) is 1.68. The highest BCUT2D eigenvalue weighted by Crippen LogP contribution is 2.25. The zero-order valence-electron chi connectivity index (χ0n) is 10.2. The molecule has 0 aliphatic heterocycles. The molecule has 2 aromatic rings. The van der Waals surface area contributed by atoms with Crippen molar-refractivity contribution >= 4 is 16.9 Å². The Morgan fingerprint density at radius 3 is 2.74 bits per heavy atom. The number of fused-ring (bicyclic) bond motifs is 1. The molecule has 0 fully saturated rings. The van der Waals surface area contributed by atoms with Gasteiger partial charge in [-0.2, -0.15) is 13.2 Å². The molecule has 104 valence electrons. The van der Waals surface area contributed by atoms with Gasteiger partial charge in [0.15, 0.2) is 5.82 Å². The first-order chi connectivity index (χ1) is 8.92. The molecule has 0 aliphatic carbocycles. The Morgan fingerprint density at radius 1 is 1.37 bits per heavy atom. The van der Waals surface area contributed by atoms with Crippen LogP contribution >= 0.6 is 0 Å². The number of pyridine rings is 1. The minimum atomic E-state index is -4.37. The van der Waals surface area contributed by atoms with E-state index in [0.717, 1.165) is 4.90 Å². The van der Waals surface area contributed by atoms with Crippen molar-refractivity contribution in [2.24, 2.45) is 7.05 Å². The molecule has 8 heteroatoms. The lowest BCUT2D eigenvalue weighted by Crippen LogP contribution is -2.37. The van der Waals surface area contributed by atoms with Crippen LogP contribution in [0.15, 0.2) is 18.6 Å². The van der Waals surface area contributed by atoms with Gasteiger partial charge in [-0.25, -0.2) is 9.97 Å². The number of alkyl halides is 3. The third kappa shape index (κ3) is 2.95. The number of nitrogens with zero attached hydrogens (tertiary/aromatic N) is 4. The van der Waals surface area contributed by atoms with E-state index in [0.29, 0.717) is 11.0 Å². The number of hydrogen-bond donors (Lipinski definition) is 1. The van der Waals surface area contributed by atoms with Crippen LogP contribution in [0.2, 0.25) is 0 Å².